The van der Waals surface area contributed by atoms with Crippen molar-refractivity contribution in [2.45, 2.75) is 19.3 Å². The second-order valence-electron chi connectivity index (χ2n) is 6.30. The highest BCUT2D eigenvalue weighted by Gasteiger charge is 2.27. The van der Waals surface area contributed by atoms with Crippen molar-refractivity contribution in [2.75, 3.05) is 0 Å². The molecule has 1 aliphatic rings. The molecule has 7 heteroatoms. The lowest BCUT2D eigenvalue weighted by molar-refractivity contribution is 0.00336. The number of fused-ring (bicyclic) bond motifs is 1. The van der Waals surface area contributed by atoms with Gasteiger partial charge in [-0.25, -0.2) is 4.98 Å². The molecule has 0 bridgehead atoms. The van der Waals surface area contributed by atoms with E-state index >= 15 is 0 Å². The van der Waals surface area contributed by atoms with Crippen LogP contribution in [-0.2, 0) is 17.9 Å². The predicted octanol–water partition coefficient (Wildman–Crippen LogP) is 4.53. The van der Waals surface area contributed by atoms with Crippen molar-refractivity contribution in [1.82, 2.24) is 19.7 Å². The third-order valence-corrected chi connectivity index (χ3v) is 4.99. The molecule has 0 amide bonds. The molecule has 0 N–H and O–H groups in total. The van der Waals surface area contributed by atoms with Crippen LogP contribution in [0.25, 0.3) is 23.0 Å². The van der Waals surface area contributed by atoms with Crippen molar-refractivity contribution in [3.63, 3.8) is 0 Å². The van der Waals surface area contributed by atoms with Crippen LogP contribution in [0.3, 0.4) is 0 Å². The molecule has 0 aliphatic carbocycles. The van der Waals surface area contributed by atoms with Gasteiger partial charge < -0.3 is 13.8 Å². The van der Waals surface area contributed by atoms with E-state index in [-0.39, 0.29) is 6.10 Å². The lowest BCUT2D eigenvalue weighted by Crippen LogP contribution is -2.20. The topological polar surface area (TPSA) is 66.0 Å². The number of hydrogen-bond donors (Lipinski definition) is 0. The first-order valence-electron chi connectivity index (χ1n) is 8.59. The van der Waals surface area contributed by atoms with Gasteiger partial charge in [0.15, 0.2) is 5.69 Å². The van der Waals surface area contributed by atoms with E-state index in [1.54, 1.807) is 6.33 Å². The zero-order valence-corrected chi connectivity index (χ0v) is 15.0. The molecular weight excluding hydrogens is 364 g/mol. The molecule has 4 aromatic rings. The van der Waals surface area contributed by atoms with Crippen LogP contribution in [0.1, 0.15) is 17.4 Å². The number of nitrogens with zero attached hydrogens (tertiary/aromatic N) is 4. The van der Waals surface area contributed by atoms with Crippen molar-refractivity contribution in [2.24, 2.45) is 0 Å². The maximum Gasteiger partial charge on any atom is 0.278 e. The number of hydrogen-bond acceptors (Lipinski definition) is 5. The first kappa shape index (κ1) is 16.2. The van der Waals surface area contributed by atoms with E-state index in [2.05, 4.69) is 19.7 Å². The maximum atomic E-state index is 6.31. The molecule has 0 radical (unpaired) electrons. The van der Waals surface area contributed by atoms with Crippen LogP contribution >= 0.6 is 11.6 Å². The van der Waals surface area contributed by atoms with E-state index in [1.807, 2.05) is 54.6 Å². The highest BCUT2D eigenvalue weighted by atomic mass is 35.5. The molecule has 0 saturated heterocycles. The highest BCUT2D eigenvalue weighted by Crippen LogP contribution is 2.34. The van der Waals surface area contributed by atoms with Gasteiger partial charge in [0.25, 0.3) is 5.89 Å². The molecule has 2 aromatic carbocycles. The van der Waals surface area contributed by atoms with E-state index < -0.39 is 0 Å². The Labute approximate surface area is 160 Å². The summed E-state index contributed by atoms with van der Waals surface area (Å²) in [7, 11) is 0. The average Bonchev–Trinajstić information content (AvgIpc) is 3.35. The first-order chi connectivity index (χ1) is 13.3. The smallest absolute Gasteiger partial charge is 0.278 e. The van der Waals surface area contributed by atoms with Crippen molar-refractivity contribution in [3.05, 3.63) is 77.2 Å². The Hall–Kier alpha value is -2.96. The highest BCUT2D eigenvalue weighted by molar-refractivity contribution is 6.31. The number of halogens is 1. The summed E-state index contributed by atoms with van der Waals surface area (Å²) in [6.45, 7) is 1.03. The molecule has 5 rings (SSSR count). The summed E-state index contributed by atoms with van der Waals surface area (Å²) in [6.07, 6.45) is 1.67. The number of aromatic nitrogens is 4. The molecule has 27 heavy (non-hydrogen) atoms. The molecule has 0 saturated carbocycles. The largest absolute Gasteiger partial charge is 0.365 e. The SMILES string of the molecule is Clc1ccccc1[C@@H]1Cn2cnc(-c3nc(-c4ccccc4)no3)c2CO1. The third kappa shape index (κ3) is 2.93. The molecule has 1 aliphatic heterocycles. The minimum Gasteiger partial charge on any atom is -0.365 e. The van der Waals surface area contributed by atoms with Crippen LogP contribution in [0.2, 0.25) is 5.02 Å². The molecule has 3 heterocycles. The van der Waals surface area contributed by atoms with Crippen LogP contribution in [0, 0.1) is 0 Å². The lowest BCUT2D eigenvalue weighted by Gasteiger charge is -2.26. The van der Waals surface area contributed by atoms with Crippen LogP contribution in [0.15, 0.2) is 65.4 Å². The fraction of sp³-hybridized carbons (Fsp3) is 0.150. The van der Waals surface area contributed by atoms with Crippen molar-refractivity contribution in [3.8, 4) is 23.0 Å². The van der Waals surface area contributed by atoms with Crippen molar-refractivity contribution in [1.29, 1.82) is 0 Å². The van der Waals surface area contributed by atoms with Crippen molar-refractivity contribution < 1.29 is 9.26 Å². The van der Waals surface area contributed by atoms with Gasteiger partial charge in [0.2, 0.25) is 5.82 Å². The van der Waals surface area contributed by atoms with E-state index in [9.17, 15) is 0 Å². The molecule has 0 unspecified atom stereocenters. The van der Waals surface area contributed by atoms with Gasteiger partial charge in [0, 0.05) is 16.1 Å². The van der Waals surface area contributed by atoms with E-state index in [4.69, 9.17) is 20.9 Å². The normalized spacial score (nSPS) is 16.3. The van der Waals surface area contributed by atoms with Crippen LogP contribution < -0.4 is 0 Å². The molecule has 0 fully saturated rings. The summed E-state index contributed by atoms with van der Waals surface area (Å²) in [5.74, 6) is 0.931. The standard InChI is InChI=1S/C20H15ClN4O2/c21-15-9-5-4-8-14(15)17-10-25-12-22-18(16(25)11-26-17)20-23-19(24-27-20)13-6-2-1-3-7-13/h1-9,12,17H,10-11H2/t17-/m0/s1. The van der Waals surface area contributed by atoms with Crippen LogP contribution in [-0.4, -0.2) is 19.7 Å². The molecular formula is C20H15ClN4O2. The van der Waals surface area contributed by atoms with Gasteiger partial charge in [-0.05, 0) is 6.07 Å². The fourth-order valence-electron chi connectivity index (χ4n) is 3.25. The zero-order chi connectivity index (χ0) is 18.2. The average molecular weight is 379 g/mol. The third-order valence-electron chi connectivity index (χ3n) is 4.64. The summed E-state index contributed by atoms with van der Waals surface area (Å²) in [4.78, 5) is 8.97. The monoisotopic (exact) mass is 378 g/mol. The summed E-state index contributed by atoms with van der Waals surface area (Å²) in [6, 6.07) is 17.4. The van der Waals surface area contributed by atoms with Crippen LogP contribution in [0.4, 0.5) is 0 Å². The minimum atomic E-state index is -0.115. The summed E-state index contributed by atoms with van der Waals surface area (Å²) in [5, 5.41) is 4.78. The predicted molar refractivity (Wildman–Crippen MR) is 99.9 cm³/mol. The van der Waals surface area contributed by atoms with Gasteiger partial charge in [-0.2, -0.15) is 4.98 Å². The Morgan fingerprint density at radius 3 is 2.70 bits per heavy atom. The number of benzene rings is 2. The second-order valence-corrected chi connectivity index (χ2v) is 6.71. The number of ether oxygens (including phenoxy) is 1. The summed E-state index contributed by atoms with van der Waals surface area (Å²) >= 11 is 6.31. The summed E-state index contributed by atoms with van der Waals surface area (Å²) < 4.78 is 13.5. The minimum absolute atomic E-state index is 0.115. The Kier molecular flexibility index (Phi) is 3.99. The van der Waals surface area contributed by atoms with Crippen molar-refractivity contribution >= 4 is 11.6 Å². The Balaban J connectivity index is 1.44. The summed E-state index contributed by atoms with van der Waals surface area (Å²) in [5.41, 5.74) is 3.45. The van der Waals surface area contributed by atoms with Gasteiger partial charge in [-0.15, -0.1) is 0 Å². The first-order valence-corrected chi connectivity index (χ1v) is 8.97. The van der Waals surface area contributed by atoms with Gasteiger partial charge >= 0.3 is 0 Å². The molecule has 0 spiro atoms. The van der Waals surface area contributed by atoms with Gasteiger partial charge in [0.1, 0.15) is 6.10 Å². The molecule has 6 nitrogen and oxygen atoms in total. The van der Waals surface area contributed by atoms with Gasteiger partial charge in [-0.3, -0.25) is 0 Å². The molecule has 1 atom stereocenters. The van der Waals surface area contributed by atoms with E-state index in [0.717, 1.165) is 16.8 Å². The van der Waals surface area contributed by atoms with E-state index in [1.165, 1.54) is 0 Å². The number of imidazole rings is 1. The Bertz CT molecular complexity index is 1090. The number of rotatable bonds is 3. The maximum absolute atomic E-state index is 6.31. The molecule has 134 valence electrons. The lowest BCUT2D eigenvalue weighted by atomic mass is 10.1. The Morgan fingerprint density at radius 1 is 1.04 bits per heavy atom. The van der Waals surface area contributed by atoms with E-state index in [0.29, 0.717) is 35.6 Å². The van der Waals surface area contributed by atoms with Crippen LogP contribution in [0.5, 0.6) is 0 Å². The quantitative estimate of drug-likeness (QED) is 0.524. The van der Waals surface area contributed by atoms with Gasteiger partial charge in [-0.1, -0.05) is 65.3 Å². The second kappa shape index (κ2) is 6.64. The molecule has 2 aromatic heterocycles. The Morgan fingerprint density at radius 2 is 1.85 bits per heavy atom. The zero-order valence-electron chi connectivity index (χ0n) is 14.2. The fourth-order valence-corrected chi connectivity index (χ4v) is 3.51. The van der Waals surface area contributed by atoms with Gasteiger partial charge in [0.05, 0.1) is 25.2 Å².